The number of aromatic nitrogens is 3. The molecule has 4 aromatic rings. The quantitative estimate of drug-likeness (QED) is 0.466. The summed E-state index contributed by atoms with van der Waals surface area (Å²) in [7, 11) is 0. The van der Waals surface area contributed by atoms with Crippen LogP contribution >= 0.6 is 0 Å². The Morgan fingerprint density at radius 1 is 1.17 bits per heavy atom. The zero-order valence-corrected chi connectivity index (χ0v) is 19.9. The number of Topliss-reactive ketones (excluding diaryl/α,β-unsaturated/α-hetero) is 1. The van der Waals surface area contributed by atoms with E-state index in [1.165, 1.54) is 0 Å². The highest BCUT2D eigenvalue weighted by molar-refractivity contribution is 6.06. The number of hydrogen-bond acceptors (Lipinski definition) is 5. The number of nitrogens with one attached hydrogen (secondary N) is 2. The molecule has 0 spiro atoms. The van der Waals surface area contributed by atoms with E-state index >= 15 is 0 Å². The molecule has 2 aliphatic rings. The van der Waals surface area contributed by atoms with Crippen molar-refractivity contribution in [1.29, 1.82) is 0 Å². The summed E-state index contributed by atoms with van der Waals surface area (Å²) in [6, 6.07) is 12.8. The Labute approximate surface area is 207 Å². The van der Waals surface area contributed by atoms with Crippen molar-refractivity contribution in [2.24, 2.45) is 0 Å². The second-order valence-electron chi connectivity index (χ2n) is 9.42. The smallest absolute Gasteiger partial charge is 0.251 e. The van der Waals surface area contributed by atoms with E-state index in [0.717, 1.165) is 39.0 Å². The fourth-order valence-electron chi connectivity index (χ4n) is 5.39. The van der Waals surface area contributed by atoms with Gasteiger partial charge < -0.3 is 15.2 Å². The van der Waals surface area contributed by atoms with Crippen LogP contribution in [0.15, 0.2) is 55.0 Å². The molecule has 1 atom stereocenters. The molecule has 2 amide bonds. The summed E-state index contributed by atoms with van der Waals surface area (Å²) in [5.74, 6) is -0.563. The number of ketones is 1. The second-order valence-corrected chi connectivity index (χ2v) is 9.42. The van der Waals surface area contributed by atoms with Crippen molar-refractivity contribution < 1.29 is 14.4 Å². The van der Waals surface area contributed by atoms with Crippen molar-refractivity contribution >= 4 is 28.6 Å². The average molecular weight is 480 g/mol. The van der Waals surface area contributed by atoms with E-state index in [1.54, 1.807) is 24.5 Å². The first kappa shape index (κ1) is 22.2. The maximum atomic E-state index is 13.4. The first-order valence-corrected chi connectivity index (χ1v) is 12.1. The van der Waals surface area contributed by atoms with Gasteiger partial charge in [0, 0.05) is 49.1 Å². The van der Waals surface area contributed by atoms with Gasteiger partial charge in [-0.15, -0.1) is 0 Å². The summed E-state index contributed by atoms with van der Waals surface area (Å²) in [6.45, 7) is 3.32. The Bertz CT molecular complexity index is 1540. The third-order valence-corrected chi connectivity index (χ3v) is 7.34. The van der Waals surface area contributed by atoms with Crippen molar-refractivity contribution in [1.82, 2.24) is 25.2 Å². The highest BCUT2D eigenvalue weighted by atomic mass is 16.2. The Morgan fingerprint density at radius 2 is 2.03 bits per heavy atom. The molecule has 0 saturated carbocycles. The molecule has 0 fully saturated rings. The van der Waals surface area contributed by atoms with Crippen molar-refractivity contribution in [2.75, 3.05) is 6.54 Å². The lowest BCUT2D eigenvalue weighted by molar-refractivity contribution is -0.133. The minimum absolute atomic E-state index is 0.0106. The molecular formula is C28H25N5O3. The second kappa shape index (κ2) is 8.71. The van der Waals surface area contributed by atoms with Gasteiger partial charge in [-0.05, 0) is 53.8 Å². The molecule has 1 aliphatic heterocycles. The number of aryl methyl sites for hydroxylation is 1. The third-order valence-electron chi connectivity index (χ3n) is 7.34. The molecule has 0 radical (unpaired) electrons. The van der Waals surface area contributed by atoms with E-state index in [-0.39, 0.29) is 24.0 Å². The van der Waals surface area contributed by atoms with Gasteiger partial charge in [0.2, 0.25) is 5.91 Å². The van der Waals surface area contributed by atoms with Crippen LogP contribution in [0.5, 0.6) is 0 Å². The Balaban J connectivity index is 1.18. The van der Waals surface area contributed by atoms with Crippen molar-refractivity contribution in [3.8, 4) is 0 Å². The highest BCUT2D eigenvalue weighted by Crippen LogP contribution is 2.35. The molecule has 36 heavy (non-hydrogen) atoms. The number of H-pyrrole nitrogens is 1. The van der Waals surface area contributed by atoms with Gasteiger partial charge in [0.05, 0.1) is 23.3 Å². The van der Waals surface area contributed by atoms with Crippen LogP contribution in [0, 0.1) is 6.92 Å². The van der Waals surface area contributed by atoms with E-state index < -0.39 is 5.92 Å². The number of pyridine rings is 1. The number of rotatable bonds is 4. The average Bonchev–Trinajstić information content (AvgIpc) is 3.51. The largest absolute Gasteiger partial charge is 0.348 e. The lowest BCUT2D eigenvalue weighted by Crippen LogP contribution is -2.39. The molecule has 8 nitrogen and oxygen atoms in total. The van der Waals surface area contributed by atoms with Crippen LogP contribution in [-0.4, -0.2) is 44.0 Å². The van der Waals surface area contributed by atoms with Crippen molar-refractivity contribution in [2.45, 2.75) is 38.8 Å². The molecule has 8 heteroatoms. The molecule has 0 bridgehead atoms. The number of fused-ring (bicyclic) bond motifs is 3. The molecule has 2 N–H and O–H groups in total. The first-order valence-electron chi connectivity index (χ1n) is 12.1. The molecule has 1 aliphatic carbocycles. The maximum Gasteiger partial charge on any atom is 0.251 e. The number of aromatic amines is 1. The zero-order valence-electron chi connectivity index (χ0n) is 19.9. The minimum Gasteiger partial charge on any atom is -0.348 e. The summed E-state index contributed by atoms with van der Waals surface area (Å²) in [6.07, 6.45) is 4.34. The molecule has 180 valence electrons. The van der Waals surface area contributed by atoms with Crippen LogP contribution in [0.2, 0.25) is 0 Å². The fourth-order valence-corrected chi connectivity index (χ4v) is 5.39. The van der Waals surface area contributed by atoms with Crippen LogP contribution < -0.4 is 5.32 Å². The first-order chi connectivity index (χ1) is 17.5. The standard InChI is InChI=1S/C28H25N5O3/c1-16-23(13-30-27(35)17-6-7-24-25(10-17)32-15-31-24)19-8-9-33(14-18(19)12-29-16)28(36)22-11-26(34)21-5-3-2-4-20(21)22/h2-7,10,12,15,22H,8-9,11,13-14H2,1H3,(H,30,35)(H,31,32)/t22-/m0/s1. The van der Waals surface area contributed by atoms with Crippen molar-refractivity contribution in [3.05, 3.63) is 94.1 Å². The van der Waals surface area contributed by atoms with Gasteiger partial charge in [0.25, 0.3) is 5.91 Å². The summed E-state index contributed by atoms with van der Waals surface area (Å²) < 4.78 is 0. The summed E-state index contributed by atoms with van der Waals surface area (Å²) in [5.41, 5.74) is 7.67. The van der Waals surface area contributed by atoms with Crippen LogP contribution in [-0.2, 0) is 24.3 Å². The number of carbonyl (C=O) groups excluding carboxylic acids is 3. The molecule has 2 aromatic heterocycles. The highest BCUT2D eigenvalue weighted by Gasteiger charge is 2.37. The number of nitrogens with zero attached hydrogens (tertiary/aromatic N) is 3. The molecule has 0 unspecified atom stereocenters. The van der Waals surface area contributed by atoms with Gasteiger partial charge in [-0.3, -0.25) is 19.4 Å². The van der Waals surface area contributed by atoms with Gasteiger partial charge in [0.15, 0.2) is 5.78 Å². The van der Waals surface area contributed by atoms with Gasteiger partial charge in [-0.1, -0.05) is 24.3 Å². The minimum atomic E-state index is -0.417. The van der Waals surface area contributed by atoms with Crippen LogP contribution in [0.1, 0.15) is 61.0 Å². The zero-order chi connectivity index (χ0) is 24.8. The number of amides is 2. The summed E-state index contributed by atoms with van der Waals surface area (Å²) in [5, 5.41) is 3.03. The van der Waals surface area contributed by atoms with E-state index in [4.69, 9.17) is 0 Å². The maximum absolute atomic E-state index is 13.4. The van der Waals surface area contributed by atoms with E-state index in [0.29, 0.717) is 37.2 Å². The lowest BCUT2D eigenvalue weighted by atomic mass is 9.93. The van der Waals surface area contributed by atoms with E-state index in [2.05, 4.69) is 20.3 Å². The molecule has 0 saturated heterocycles. The monoisotopic (exact) mass is 479 g/mol. The Hall–Kier alpha value is -4.33. The number of benzene rings is 2. The van der Waals surface area contributed by atoms with E-state index in [9.17, 15) is 14.4 Å². The molecular weight excluding hydrogens is 454 g/mol. The number of hydrogen-bond donors (Lipinski definition) is 2. The van der Waals surface area contributed by atoms with Crippen LogP contribution in [0.25, 0.3) is 11.0 Å². The third kappa shape index (κ3) is 3.75. The number of carbonyl (C=O) groups is 3. The Kier molecular flexibility index (Phi) is 5.36. The molecule has 2 aromatic carbocycles. The molecule has 6 rings (SSSR count). The van der Waals surface area contributed by atoms with Gasteiger partial charge in [-0.25, -0.2) is 4.98 Å². The van der Waals surface area contributed by atoms with Crippen molar-refractivity contribution in [3.63, 3.8) is 0 Å². The topological polar surface area (TPSA) is 108 Å². The summed E-state index contributed by atoms with van der Waals surface area (Å²) in [4.78, 5) is 52.3. The van der Waals surface area contributed by atoms with Gasteiger partial charge in [-0.2, -0.15) is 0 Å². The SMILES string of the molecule is Cc1ncc2c(c1CNC(=O)c1ccc3nc[nH]c3c1)CCN(C(=O)[C@H]1CC(=O)c3ccccc31)C2. The molecule has 3 heterocycles. The number of imidazole rings is 1. The fraction of sp³-hybridized carbons (Fsp3) is 0.250. The van der Waals surface area contributed by atoms with Gasteiger partial charge in [0.1, 0.15) is 0 Å². The lowest BCUT2D eigenvalue weighted by Gasteiger charge is -2.32. The predicted octanol–water partition coefficient (Wildman–Crippen LogP) is 3.45. The normalized spacial score (nSPS) is 16.6. The van der Waals surface area contributed by atoms with Crippen LogP contribution in [0.3, 0.4) is 0 Å². The van der Waals surface area contributed by atoms with Crippen LogP contribution in [0.4, 0.5) is 0 Å². The van der Waals surface area contributed by atoms with E-state index in [1.807, 2.05) is 42.3 Å². The summed E-state index contributed by atoms with van der Waals surface area (Å²) >= 11 is 0. The predicted molar refractivity (Wildman–Crippen MR) is 133 cm³/mol. The van der Waals surface area contributed by atoms with Gasteiger partial charge >= 0.3 is 0 Å². The Morgan fingerprint density at radius 3 is 2.92 bits per heavy atom.